The van der Waals surface area contributed by atoms with Crippen LogP contribution in [-0.4, -0.2) is 15.4 Å². The molecule has 0 amide bonds. The first-order valence-electron chi connectivity index (χ1n) is 5.53. The van der Waals surface area contributed by atoms with E-state index < -0.39 is 5.82 Å². The number of halogens is 1. The predicted molar refractivity (Wildman–Crippen MR) is 68.4 cm³/mol. The van der Waals surface area contributed by atoms with Gasteiger partial charge in [-0.3, -0.25) is 4.79 Å². The third-order valence-electron chi connectivity index (χ3n) is 2.52. The van der Waals surface area contributed by atoms with Crippen LogP contribution < -0.4 is 0 Å². The summed E-state index contributed by atoms with van der Waals surface area (Å²) >= 11 is 1.01. The van der Waals surface area contributed by atoms with Crippen molar-refractivity contribution < 1.29 is 9.18 Å². The molecule has 18 heavy (non-hydrogen) atoms. The molecular weight excluding hydrogens is 251 g/mol. The van der Waals surface area contributed by atoms with Crippen molar-refractivity contribution in [2.24, 2.45) is 0 Å². The van der Waals surface area contributed by atoms with Gasteiger partial charge in [-0.25, -0.2) is 4.39 Å². The molecule has 0 unspecified atom stereocenters. The molecule has 1 heterocycles. The van der Waals surface area contributed by atoms with Crippen LogP contribution >= 0.6 is 11.5 Å². The molecule has 0 aliphatic rings. The van der Waals surface area contributed by atoms with Crippen molar-refractivity contribution in [1.29, 1.82) is 0 Å². The first kappa shape index (κ1) is 12.8. The lowest BCUT2D eigenvalue weighted by atomic mass is 9.90. The Bertz CT molecular complexity index is 587. The largest absolute Gasteiger partial charge is 0.287 e. The van der Waals surface area contributed by atoms with Crippen molar-refractivity contribution >= 4 is 17.3 Å². The Balaban J connectivity index is 2.48. The topological polar surface area (TPSA) is 42.9 Å². The zero-order valence-electron chi connectivity index (χ0n) is 10.4. The molecule has 0 bridgehead atoms. The van der Waals surface area contributed by atoms with Gasteiger partial charge in [-0.1, -0.05) is 37.4 Å². The molecule has 0 fully saturated rings. The van der Waals surface area contributed by atoms with Crippen LogP contribution in [0.3, 0.4) is 0 Å². The lowest BCUT2D eigenvalue weighted by Gasteiger charge is -2.15. The first-order valence-corrected chi connectivity index (χ1v) is 6.30. The number of hydrogen-bond donors (Lipinski definition) is 0. The summed E-state index contributed by atoms with van der Waals surface area (Å²) in [6.07, 6.45) is 0. The summed E-state index contributed by atoms with van der Waals surface area (Å²) in [6.45, 7) is 5.84. The minimum absolute atomic E-state index is 0.0639. The van der Waals surface area contributed by atoms with Crippen LogP contribution in [0, 0.1) is 5.82 Å². The van der Waals surface area contributed by atoms with Gasteiger partial charge in [-0.05, 0) is 23.7 Å². The van der Waals surface area contributed by atoms with Crippen LogP contribution in [0.25, 0.3) is 0 Å². The van der Waals surface area contributed by atoms with E-state index in [0.29, 0.717) is 10.6 Å². The molecule has 0 saturated carbocycles. The van der Waals surface area contributed by atoms with E-state index in [4.69, 9.17) is 0 Å². The van der Waals surface area contributed by atoms with E-state index in [9.17, 15) is 9.18 Å². The van der Waals surface area contributed by atoms with Crippen molar-refractivity contribution in [2.45, 2.75) is 26.2 Å². The van der Waals surface area contributed by atoms with Gasteiger partial charge in [0.2, 0.25) is 5.78 Å². The van der Waals surface area contributed by atoms with Gasteiger partial charge in [-0.2, -0.15) is 0 Å². The summed E-state index contributed by atoms with van der Waals surface area (Å²) in [5.74, 6) is -0.871. The third kappa shape index (κ3) is 2.31. The second-order valence-electron chi connectivity index (χ2n) is 5.01. The standard InChI is InChI=1S/C13H13FN2OS/c1-13(2,3)12-11(18-16-15-12)10(17)8-6-4-5-7-9(8)14/h4-7H,1-3H3. The van der Waals surface area contributed by atoms with Crippen molar-refractivity contribution in [3.63, 3.8) is 0 Å². The summed E-state index contributed by atoms with van der Waals surface area (Å²) in [7, 11) is 0. The highest BCUT2D eigenvalue weighted by molar-refractivity contribution is 7.08. The Morgan fingerprint density at radius 1 is 1.28 bits per heavy atom. The molecule has 2 aromatic rings. The van der Waals surface area contributed by atoms with Gasteiger partial charge >= 0.3 is 0 Å². The fourth-order valence-electron chi connectivity index (χ4n) is 1.60. The molecule has 3 nitrogen and oxygen atoms in total. The van der Waals surface area contributed by atoms with Crippen molar-refractivity contribution in [3.8, 4) is 0 Å². The molecule has 0 aliphatic carbocycles. The summed E-state index contributed by atoms with van der Waals surface area (Å²) < 4.78 is 17.4. The lowest BCUT2D eigenvalue weighted by molar-refractivity contribution is 0.103. The van der Waals surface area contributed by atoms with Crippen molar-refractivity contribution in [3.05, 3.63) is 46.2 Å². The van der Waals surface area contributed by atoms with E-state index in [1.165, 1.54) is 12.1 Å². The molecule has 1 aromatic carbocycles. The number of carbonyl (C=O) groups excluding carboxylic acids is 1. The number of nitrogens with zero attached hydrogens (tertiary/aromatic N) is 2. The lowest BCUT2D eigenvalue weighted by Crippen LogP contribution is -2.17. The maximum atomic E-state index is 13.6. The van der Waals surface area contributed by atoms with Crippen LogP contribution in [0.1, 0.15) is 41.7 Å². The van der Waals surface area contributed by atoms with E-state index in [1.54, 1.807) is 12.1 Å². The maximum absolute atomic E-state index is 13.6. The Kier molecular flexibility index (Phi) is 3.26. The van der Waals surface area contributed by atoms with Crippen LogP contribution in [0.2, 0.25) is 0 Å². The van der Waals surface area contributed by atoms with Crippen LogP contribution in [0.4, 0.5) is 4.39 Å². The van der Waals surface area contributed by atoms with Gasteiger partial charge in [0.05, 0.1) is 11.3 Å². The number of carbonyl (C=O) groups is 1. The van der Waals surface area contributed by atoms with Gasteiger partial charge in [0.1, 0.15) is 10.7 Å². The number of ketones is 1. The second-order valence-corrected chi connectivity index (χ2v) is 5.76. The molecule has 0 radical (unpaired) electrons. The van der Waals surface area contributed by atoms with E-state index in [1.807, 2.05) is 20.8 Å². The Labute approximate surface area is 109 Å². The van der Waals surface area contributed by atoms with Crippen molar-refractivity contribution in [1.82, 2.24) is 9.59 Å². The molecular formula is C13H13FN2OS. The Morgan fingerprint density at radius 3 is 2.56 bits per heavy atom. The van der Waals surface area contributed by atoms with Gasteiger partial charge in [-0.15, -0.1) is 5.10 Å². The fraction of sp³-hybridized carbons (Fsp3) is 0.308. The predicted octanol–water partition coefficient (Wildman–Crippen LogP) is 3.21. The van der Waals surface area contributed by atoms with E-state index in [0.717, 1.165) is 11.5 Å². The van der Waals surface area contributed by atoms with Gasteiger partial charge in [0.15, 0.2) is 0 Å². The average molecular weight is 264 g/mol. The highest BCUT2D eigenvalue weighted by Crippen LogP contribution is 2.28. The molecule has 0 aliphatic heterocycles. The molecule has 0 saturated heterocycles. The fourth-order valence-corrected chi connectivity index (χ4v) is 2.43. The summed E-state index contributed by atoms with van der Waals surface area (Å²) in [5, 5.41) is 3.99. The average Bonchev–Trinajstić information content (AvgIpc) is 2.77. The van der Waals surface area contributed by atoms with Crippen molar-refractivity contribution in [2.75, 3.05) is 0 Å². The smallest absolute Gasteiger partial charge is 0.209 e. The zero-order chi connectivity index (χ0) is 13.3. The summed E-state index contributed by atoms with van der Waals surface area (Å²) in [5.41, 5.74) is 0.387. The number of rotatable bonds is 2. The minimum Gasteiger partial charge on any atom is -0.287 e. The quantitative estimate of drug-likeness (QED) is 0.782. The molecule has 0 atom stereocenters. The number of benzene rings is 1. The third-order valence-corrected chi connectivity index (χ3v) is 3.25. The van der Waals surface area contributed by atoms with Gasteiger partial charge < -0.3 is 0 Å². The normalized spacial score (nSPS) is 11.6. The molecule has 2 rings (SSSR count). The maximum Gasteiger partial charge on any atom is 0.209 e. The number of aromatic nitrogens is 2. The van der Waals surface area contributed by atoms with Crippen LogP contribution in [0.5, 0.6) is 0 Å². The van der Waals surface area contributed by atoms with Crippen LogP contribution in [-0.2, 0) is 5.41 Å². The zero-order valence-corrected chi connectivity index (χ0v) is 11.2. The highest BCUT2D eigenvalue weighted by Gasteiger charge is 2.27. The molecule has 0 spiro atoms. The number of hydrogen-bond acceptors (Lipinski definition) is 4. The van der Waals surface area contributed by atoms with Gasteiger partial charge in [0, 0.05) is 5.41 Å². The Morgan fingerprint density at radius 2 is 1.94 bits per heavy atom. The molecule has 0 N–H and O–H groups in total. The molecule has 5 heteroatoms. The SMILES string of the molecule is CC(C)(C)c1nnsc1C(=O)c1ccccc1F. The monoisotopic (exact) mass is 264 g/mol. The minimum atomic E-state index is -0.518. The van der Waals surface area contributed by atoms with Crippen LogP contribution in [0.15, 0.2) is 24.3 Å². The molecule has 94 valence electrons. The summed E-state index contributed by atoms with van der Waals surface area (Å²) in [6, 6.07) is 5.95. The molecule has 1 aromatic heterocycles. The highest BCUT2D eigenvalue weighted by atomic mass is 32.1. The summed E-state index contributed by atoms with van der Waals surface area (Å²) in [4.78, 5) is 12.7. The van der Waals surface area contributed by atoms with E-state index in [-0.39, 0.29) is 16.8 Å². The Hall–Kier alpha value is -1.62. The van der Waals surface area contributed by atoms with E-state index in [2.05, 4.69) is 9.59 Å². The van der Waals surface area contributed by atoms with E-state index >= 15 is 0 Å². The first-order chi connectivity index (χ1) is 8.41. The second kappa shape index (κ2) is 4.57. The van der Waals surface area contributed by atoms with Gasteiger partial charge in [0.25, 0.3) is 0 Å².